The van der Waals surface area contributed by atoms with E-state index in [-0.39, 0.29) is 11.8 Å². The summed E-state index contributed by atoms with van der Waals surface area (Å²) in [5, 5.41) is 3.28. The lowest BCUT2D eigenvalue weighted by molar-refractivity contribution is -0.134. The third-order valence-corrected chi connectivity index (χ3v) is 3.62. The predicted molar refractivity (Wildman–Crippen MR) is 79.5 cm³/mol. The quantitative estimate of drug-likeness (QED) is 0.722. The van der Waals surface area contributed by atoms with Crippen molar-refractivity contribution in [2.24, 2.45) is 0 Å². The van der Waals surface area contributed by atoms with Gasteiger partial charge in [0.1, 0.15) is 0 Å². The van der Waals surface area contributed by atoms with Crippen molar-refractivity contribution in [2.75, 3.05) is 59.4 Å². The zero-order valence-electron chi connectivity index (χ0n) is 13.0. The topological polar surface area (TPSA) is 55.9 Å². The summed E-state index contributed by atoms with van der Waals surface area (Å²) in [6.45, 7) is 9.39. The van der Waals surface area contributed by atoms with E-state index in [1.807, 2.05) is 25.8 Å². The number of likely N-dealkylation sites (N-methyl/N-ethyl adjacent to an activating group) is 2. The zero-order chi connectivity index (χ0) is 15.0. The lowest BCUT2D eigenvalue weighted by Gasteiger charge is -2.25. The van der Waals surface area contributed by atoms with E-state index >= 15 is 0 Å². The van der Waals surface area contributed by atoms with E-state index in [2.05, 4.69) is 5.32 Å². The zero-order valence-corrected chi connectivity index (χ0v) is 13.0. The second kappa shape index (κ2) is 8.92. The molecule has 1 rings (SSSR count). The number of carbonyl (C=O) groups excluding carboxylic acids is 2. The highest BCUT2D eigenvalue weighted by Gasteiger charge is 2.19. The molecule has 6 heteroatoms. The number of carbonyl (C=O) groups is 2. The summed E-state index contributed by atoms with van der Waals surface area (Å²) in [4.78, 5) is 29.6. The van der Waals surface area contributed by atoms with E-state index in [1.165, 1.54) is 0 Å². The van der Waals surface area contributed by atoms with Crippen molar-refractivity contribution in [3.63, 3.8) is 0 Å². The van der Waals surface area contributed by atoms with Crippen molar-refractivity contribution in [1.29, 1.82) is 0 Å². The first-order valence-electron chi connectivity index (χ1n) is 7.53. The monoisotopic (exact) mass is 284 g/mol. The minimum Gasteiger partial charge on any atom is -0.342 e. The highest BCUT2D eigenvalue weighted by Crippen LogP contribution is 1.99. The first kappa shape index (κ1) is 16.9. The Labute approximate surface area is 122 Å². The molecule has 20 heavy (non-hydrogen) atoms. The Balaban J connectivity index is 2.38. The fourth-order valence-electron chi connectivity index (χ4n) is 2.39. The van der Waals surface area contributed by atoms with Crippen LogP contribution in [0.5, 0.6) is 0 Å². The maximum Gasteiger partial charge on any atom is 0.236 e. The van der Waals surface area contributed by atoms with Gasteiger partial charge in [0.05, 0.1) is 13.1 Å². The van der Waals surface area contributed by atoms with Gasteiger partial charge in [0.25, 0.3) is 0 Å². The smallest absolute Gasteiger partial charge is 0.236 e. The molecule has 0 aromatic heterocycles. The van der Waals surface area contributed by atoms with Crippen molar-refractivity contribution in [1.82, 2.24) is 20.0 Å². The third-order valence-electron chi connectivity index (χ3n) is 3.62. The predicted octanol–water partition coefficient (Wildman–Crippen LogP) is -0.391. The maximum atomic E-state index is 12.2. The molecule has 1 aliphatic heterocycles. The minimum atomic E-state index is 0.0860. The van der Waals surface area contributed by atoms with Gasteiger partial charge in [0.15, 0.2) is 0 Å². The van der Waals surface area contributed by atoms with Gasteiger partial charge in [-0.15, -0.1) is 0 Å². The minimum absolute atomic E-state index is 0.0860. The lowest BCUT2D eigenvalue weighted by Crippen LogP contribution is -2.44. The van der Waals surface area contributed by atoms with E-state index in [9.17, 15) is 9.59 Å². The summed E-state index contributed by atoms with van der Waals surface area (Å²) >= 11 is 0. The van der Waals surface area contributed by atoms with E-state index in [4.69, 9.17) is 0 Å². The molecular weight excluding hydrogens is 256 g/mol. The van der Waals surface area contributed by atoms with Gasteiger partial charge in [0, 0.05) is 32.7 Å². The molecule has 0 aromatic carbocycles. The van der Waals surface area contributed by atoms with Crippen LogP contribution in [0.3, 0.4) is 0 Å². The largest absolute Gasteiger partial charge is 0.342 e. The van der Waals surface area contributed by atoms with Gasteiger partial charge in [-0.05, 0) is 33.9 Å². The van der Waals surface area contributed by atoms with Gasteiger partial charge in [-0.1, -0.05) is 0 Å². The molecule has 6 nitrogen and oxygen atoms in total. The third kappa shape index (κ3) is 5.46. The normalized spacial score (nSPS) is 16.1. The molecule has 0 spiro atoms. The number of nitrogens with one attached hydrogen (secondary N) is 1. The Morgan fingerprint density at radius 1 is 1.10 bits per heavy atom. The van der Waals surface area contributed by atoms with Crippen LogP contribution in [0, 0.1) is 0 Å². The van der Waals surface area contributed by atoms with Crippen LogP contribution in [-0.4, -0.2) is 85.9 Å². The van der Waals surface area contributed by atoms with Crippen LogP contribution in [0.25, 0.3) is 0 Å². The first-order valence-corrected chi connectivity index (χ1v) is 7.53. The fourth-order valence-corrected chi connectivity index (χ4v) is 2.39. The maximum absolute atomic E-state index is 12.2. The van der Waals surface area contributed by atoms with Crippen LogP contribution in [0.4, 0.5) is 0 Å². The molecule has 0 bridgehead atoms. The Morgan fingerprint density at radius 2 is 1.80 bits per heavy atom. The number of rotatable bonds is 6. The Bertz CT molecular complexity index is 310. The van der Waals surface area contributed by atoms with Gasteiger partial charge in [0.2, 0.25) is 11.8 Å². The number of hydrogen-bond acceptors (Lipinski definition) is 4. The second-order valence-corrected chi connectivity index (χ2v) is 5.22. The van der Waals surface area contributed by atoms with Crippen LogP contribution in [0.2, 0.25) is 0 Å². The van der Waals surface area contributed by atoms with Crippen LogP contribution >= 0.6 is 0 Å². The summed E-state index contributed by atoms with van der Waals surface area (Å²) < 4.78 is 0. The Morgan fingerprint density at radius 3 is 2.45 bits per heavy atom. The van der Waals surface area contributed by atoms with E-state index in [1.54, 1.807) is 9.80 Å². The number of hydrogen-bond donors (Lipinski definition) is 1. The van der Waals surface area contributed by atoms with Crippen LogP contribution in [-0.2, 0) is 9.59 Å². The van der Waals surface area contributed by atoms with Crippen molar-refractivity contribution < 1.29 is 9.59 Å². The fraction of sp³-hybridized carbons (Fsp3) is 0.857. The van der Waals surface area contributed by atoms with Gasteiger partial charge >= 0.3 is 0 Å². The van der Waals surface area contributed by atoms with Crippen molar-refractivity contribution in [3.8, 4) is 0 Å². The highest BCUT2D eigenvalue weighted by molar-refractivity contribution is 5.81. The SMILES string of the molecule is CCN(CC)C(=O)CN(C)CC(=O)N1CCCNCC1. The summed E-state index contributed by atoms with van der Waals surface area (Å²) in [5.41, 5.74) is 0. The molecule has 1 fully saturated rings. The molecule has 116 valence electrons. The molecule has 0 unspecified atom stereocenters. The molecule has 0 aromatic rings. The number of amides is 2. The summed E-state index contributed by atoms with van der Waals surface area (Å²) in [5.74, 6) is 0.200. The first-order chi connectivity index (χ1) is 9.58. The van der Waals surface area contributed by atoms with E-state index in [0.717, 1.165) is 45.7 Å². The van der Waals surface area contributed by atoms with Crippen LogP contribution in [0.1, 0.15) is 20.3 Å². The molecular formula is C14H28N4O2. The van der Waals surface area contributed by atoms with Crippen molar-refractivity contribution >= 4 is 11.8 Å². The average molecular weight is 284 g/mol. The molecule has 2 amide bonds. The van der Waals surface area contributed by atoms with Crippen molar-refractivity contribution in [2.45, 2.75) is 20.3 Å². The molecule has 0 atom stereocenters. The van der Waals surface area contributed by atoms with E-state index in [0.29, 0.717) is 13.1 Å². The van der Waals surface area contributed by atoms with Gasteiger partial charge in [-0.2, -0.15) is 0 Å². The Kier molecular flexibility index (Phi) is 7.54. The van der Waals surface area contributed by atoms with Crippen LogP contribution in [0.15, 0.2) is 0 Å². The molecule has 1 N–H and O–H groups in total. The van der Waals surface area contributed by atoms with Crippen LogP contribution < -0.4 is 5.32 Å². The molecule has 0 radical (unpaired) electrons. The molecule has 0 aliphatic carbocycles. The molecule has 1 heterocycles. The van der Waals surface area contributed by atoms with Gasteiger partial charge < -0.3 is 15.1 Å². The molecule has 1 aliphatic rings. The van der Waals surface area contributed by atoms with E-state index < -0.39 is 0 Å². The Hall–Kier alpha value is -1.14. The summed E-state index contributed by atoms with van der Waals surface area (Å²) in [6.07, 6.45) is 0.994. The molecule has 0 saturated carbocycles. The standard InChI is InChI=1S/C14H28N4O2/c1-4-17(5-2)13(19)11-16(3)12-14(20)18-9-6-7-15-8-10-18/h15H,4-12H2,1-3H3. The van der Waals surface area contributed by atoms with Crippen molar-refractivity contribution in [3.05, 3.63) is 0 Å². The second-order valence-electron chi connectivity index (χ2n) is 5.22. The average Bonchev–Trinajstić information content (AvgIpc) is 2.68. The molecule has 1 saturated heterocycles. The van der Waals surface area contributed by atoms with Gasteiger partial charge in [-0.3, -0.25) is 14.5 Å². The summed E-state index contributed by atoms with van der Waals surface area (Å²) in [6, 6.07) is 0. The van der Waals surface area contributed by atoms with Gasteiger partial charge in [-0.25, -0.2) is 0 Å². The highest BCUT2D eigenvalue weighted by atomic mass is 16.2. The number of nitrogens with zero attached hydrogens (tertiary/aromatic N) is 3. The lowest BCUT2D eigenvalue weighted by atomic mass is 10.3. The summed E-state index contributed by atoms with van der Waals surface area (Å²) in [7, 11) is 1.83.